The third kappa shape index (κ3) is 5.85. The Hall–Kier alpha value is -1.33. The van der Waals surface area contributed by atoms with Crippen molar-refractivity contribution in [1.82, 2.24) is 0 Å². The second-order valence-corrected chi connectivity index (χ2v) is 10.4. The molecule has 0 heterocycles. The highest BCUT2D eigenvalue weighted by Crippen LogP contribution is 2.41. The van der Waals surface area contributed by atoms with Crippen molar-refractivity contribution in [3.05, 3.63) is 46.8 Å². The van der Waals surface area contributed by atoms with Crippen LogP contribution in [0.4, 0.5) is 13.2 Å². The predicted molar refractivity (Wildman–Crippen MR) is 125 cm³/mol. The van der Waals surface area contributed by atoms with Gasteiger partial charge in [0.05, 0.1) is 12.7 Å². The first-order valence-electron chi connectivity index (χ1n) is 13.0. The maximum absolute atomic E-state index is 15.1. The summed E-state index contributed by atoms with van der Waals surface area (Å²) in [5.74, 6) is -0.435. The van der Waals surface area contributed by atoms with Crippen molar-refractivity contribution < 1.29 is 22.6 Å². The van der Waals surface area contributed by atoms with E-state index in [1.165, 1.54) is 13.5 Å². The standard InChI is InChI=1S/C28H39F3O2/c1-3-18-4-7-20(8-5-18)23-13-14-24(28(31)27(23)30)21-9-11-22(12-10-21)33-17-19-6-15-26(32-2)25(29)16-19/h13-14,16,18-22,26H,3-12,15,17H2,1-2H3. The number of halogens is 3. The van der Waals surface area contributed by atoms with Gasteiger partial charge in [-0.25, -0.2) is 13.2 Å². The van der Waals surface area contributed by atoms with Gasteiger partial charge < -0.3 is 9.47 Å². The molecule has 2 nitrogen and oxygen atoms in total. The van der Waals surface area contributed by atoms with Gasteiger partial charge in [0.25, 0.3) is 0 Å². The van der Waals surface area contributed by atoms with E-state index in [4.69, 9.17) is 9.47 Å². The third-order valence-electron chi connectivity index (χ3n) is 8.45. The van der Waals surface area contributed by atoms with E-state index in [2.05, 4.69) is 6.92 Å². The average molecular weight is 465 g/mol. The van der Waals surface area contributed by atoms with Crippen LogP contribution in [0, 0.1) is 23.5 Å². The minimum Gasteiger partial charge on any atom is -0.378 e. The van der Waals surface area contributed by atoms with Gasteiger partial charge in [-0.3, -0.25) is 0 Å². The van der Waals surface area contributed by atoms with Crippen molar-refractivity contribution >= 4 is 0 Å². The molecular weight excluding hydrogens is 425 g/mol. The smallest absolute Gasteiger partial charge is 0.162 e. The van der Waals surface area contributed by atoms with E-state index in [0.717, 1.165) is 63.7 Å². The Morgan fingerprint density at radius 2 is 1.36 bits per heavy atom. The number of ether oxygens (including phenoxy) is 2. The molecule has 2 unspecified atom stereocenters. The van der Waals surface area contributed by atoms with Crippen molar-refractivity contribution in [3.8, 4) is 0 Å². The van der Waals surface area contributed by atoms with E-state index in [1.54, 1.807) is 6.08 Å². The van der Waals surface area contributed by atoms with Crippen LogP contribution in [0.25, 0.3) is 0 Å². The zero-order chi connectivity index (χ0) is 23.4. The van der Waals surface area contributed by atoms with Crippen LogP contribution in [0.5, 0.6) is 0 Å². The summed E-state index contributed by atoms with van der Waals surface area (Å²) < 4.78 is 55.3. The summed E-state index contributed by atoms with van der Waals surface area (Å²) in [4.78, 5) is 0. The van der Waals surface area contributed by atoms with Gasteiger partial charge in [-0.1, -0.05) is 25.5 Å². The zero-order valence-corrected chi connectivity index (χ0v) is 20.1. The van der Waals surface area contributed by atoms with Crippen LogP contribution < -0.4 is 0 Å². The van der Waals surface area contributed by atoms with Crippen molar-refractivity contribution in [2.75, 3.05) is 13.7 Å². The van der Waals surface area contributed by atoms with E-state index in [0.29, 0.717) is 24.2 Å². The van der Waals surface area contributed by atoms with E-state index < -0.39 is 17.7 Å². The first-order valence-corrected chi connectivity index (χ1v) is 13.0. The average Bonchev–Trinajstić information content (AvgIpc) is 2.85. The number of methoxy groups -OCH3 is 1. The summed E-state index contributed by atoms with van der Waals surface area (Å²) in [6, 6.07) is 3.69. The summed E-state index contributed by atoms with van der Waals surface area (Å²) in [5.41, 5.74) is 1.10. The first kappa shape index (κ1) is 24.8. The van der Waals surface area contributed by atoms with Crippen molar-refractivity contribution in [1.29, 1.82) is 0 Å². The highest BCUT2D eigenvalue weighted by atomic mass is 19.2. The topological polar surface area (TPSA) is 18.5 Å². The fraction of sp³-hybridized carbons (Fsp3) is 0.714. The van der Waals surface area contributed by atoms with Crippen LogP contribution in [-0.2, 0) is 9.47 Å². The summed E-state index contributed by atoms with van der Waals surface area (Å²) in [6.45, 7) is 2.72. The highest BCUT2D eigenvalue weighted by molar-refractivity contribution is 5.32. The molecular formula is C28H39F3O2. The fourth-order valence-corrected chi connectivity index (χ4v) is 6.17. The molecule has 184 valence electrons. The second kappa shape index (κ2) is 11.4. The van der Waals surface area contributed by atoms with Gasteiger partial charge in [-0.05, 0) is 99.2 Å². The molecule has 0 radical (unpaired) electrons. The molecule has 0 bridgehead atoms. The molecule has 2 saturated carbocycles. The normalized spacial score (nSPS) is 33.1. The molecule has 2 atom stereocenters. The lowest BCUT2D eigenvalue weighted by Crippen LogP contribution is -2.26. The third-order valence-corrected chi connectivity index (χ3v) is 8.45. The lowest BCUT2D eigenvalue weighted by Gasteiger charge is -2.32. The van der Waals surface area contributed by atoms with Gasteiger partial charge in [-0.2, -0.15) is 0 Å². The van der Waals surface area contributed by atoms with Gasteiger partial charge in [0.1, 0.15) is 11.9 Å². The molecule has 4 rings (SSSR count). The molecule has 3 aliphatic carbocycles. The van der Waals surface area contributed by atoms with Gasteiger partial charge in [0.15, 0.2) is 11.6 Å². The molecule has 0 aromatic heterocycles. The molecule has 1 aromatic carbocycles. The Labute approximate surface area is 196 Å². The molecule has 3 aliphatic rings. The minimum absolute atomic E-state index is 0.0405. The summed E-state index contributed by atoms with van der Waals surface area (Å²) in [7, 11) is 1.53. The maximum Gasteiger partial charge on any atom is 0.162 e. The Balaban J connectivity index is 1.29. The van der Waals surface area contributed by atoms with Gasteiger partial charge in [-0.15, -0.1) is 0 Å². The molecule has 33 heavy (non-hydrogen) atoms. The highest BCUT2D eigenvalue weighted by Gasteiger charge is 2.30. The molecule has 0 spiro atoms. The van der Waals surface area contributed by atoms with E-state index in [9.17, 15) is 4.39 Å². The quantitative estimate of drug-likeness (QED) is 0.407. The van der Waals surface area contributed by atoms with Crippen LogP contribution in [0.2, 0.25) is 0 Å². The Morgan fingerprint density at radius 3 is 1.88 bits per heavy atom. The largest absolute Gasteiger partial charge is 0.378 e. The summed E-state index contributed by atoms with van der Waals surface area (Å²) in [6.07, 6.45) is 11.4. The van der Waals surface area contributed by atoms with Gasteiger partial charge in [0.2, 0.25) is 0 Å². The molecule has 2 fully saturated rings. The lowest BCUT2D eigenvalue weighted by atomic mass is 9.76. The van der Waals surface area contributed by atoms with Crippen LogP contribution in [0.1, 0.15) is 101 Å². The first-order chi connectivity index (χ1) is 16.0. The monoisotopic (exact) mass is 464 g/mol. The Kier molecular flexibility index (Phi) is 8.56. The van der Waals surface area contributed by atoms with Gasteiger partial charge in [0, 0.05) is 13.0 Å². The minimum atomic E-state index is -0.634. The number of hydrogen-bond donors (Lipinski definition) is 0. The number of hydrogen-bond acceptors (Lipinski definition) is 2. The summed E-state index contributed by atoms with van der Waals surface area (Å²) >= 11 is 0. The molecule has 0 aliphatic heterocycles. The molecule has 0 amide bonds. The zero-order valence-electron chi connectivity index (χ0n) is 20.1. The number of benzene rings is 1. The van der Waals surface area contributed by atoms with Crippen LogP contribution >= 0.6 is 0 Å². The van der Waals surface area contributed by atoms with E-state index in [-0.39, 0.29) is 29.7 Å². The van der Waals surface area contributed by atoms with Crippen LogP contribution in [0.15, 0.2) is 24.0 Å². The fourth-order valence-electron chi connectivity index (χ4n) is 6.17. The van der Waals surface area contributed by atoms with Crippen LogP contribution in [-0.4, -0.2) is 25.9 Å². The van der Waals surface area contributed by atoms with Crippen LogP contribution in [0.3, 0.4) is 0 Å². The SMILES string of the molecule is CCC1CCC(c2ccc(C3CCC(OCC4C=C(F)C(OC)CC4)CC3)c(F)c2F)CC1. The van der Waals surface area contributed by atoms with E-state index in [1.807, 2.05) is 12.1 Å². The van der Waals surface area contributed by atoms with Crippen molar-refractivity contribution in [3.63, 3.8) is 0 Å². The summed E-state index contributed by atoms with van der Waals surface area (Å²) in [5, 5.41) is 0. The van der Waals surface area contributed by atoms with Crippen molar-refractivity contribution in [2.45, 2.75) is 102 Å². The van der Waals surface area contributed by atoms with Gasteiger partial charge >= 0.3 is 0 Å². The number of rotatable bonds is 7. The Bertz CT molecular complexity index is 808. The predicted octanol–water partition coefficient (Wildman–Crippen LogP) is 7.97. The molecule has 1 aromatic rings. The molecule has 5 heteroatoms. The van der Waals surface area contributed by atoms with E-state index >= 15 is 8.78 Å². The lowest BCUT2D eigenvalue weighted by molar-refractivity contribution is 0.00378. The van der Waals surface area contributed by atoms with Crippen molar-refractivity contribution in [2.24, 2.45) is 11.8 Å². The Morgan fingerprint density at radius 1 is 0.788 bits per heavy atom. The molecule has 0 saturated heterocycles. The molecule has 0 N–H and O–H groups in total. The maximum atomic E-state index is 15.1. The second-order valence-electron chi connectivity index (χ2n) is 10.4.